The first-order valence-electron chi connectivity index (χ1n) is 8.87. The molecule has 3 aromatic carbocycles. The number of methoxy groups -OCH3 is 1. The maximum Gasteiger partial charge on any atom is 0.205 e. The summed E-state index contributed by atoms with van der Waals surface area (Å²) in [7, 11) is 1.67. The van der Waals surface area contributed by atoms with Gasteiger partial charge in [0.25, 0.3) is 0 Å². The fourth-order valence-corrected chi connectivity index (χ4v) is 5.18. The van der Waals surface area contributed by atoms with Crippen molar-refractivity contribution in [2.75, 3.05) is 7.11 Å². The topological polar surface area (TPSA) is 68.3 Å². The molecule has 5 heteroatoms. The van der Waals surface area contributed by atoms with E-state index in [2.05, 4.69) is 18.2 Å². The number of rotatable bonds is 2. The minimum absolute atomic E-state index is 0.170. The number of fused-ring (bicyclic) bond motifs is 4. The smallest absolute Gasteiger partial charge is 0.205 e. The van der Waals surface area contributed by atoms with Gasteiger partial charge in [-0.05, 0) is 29.1 Å². The second-order valence-corrected chi connectivity index (χ2v) is 7.70. The molecule has 0 spiro atoms. The summed E-state index contributed by atoms with van der Waals surface area (Å²) in [5.41, 5.74) is 7.66. The Bertz CT molecular complexity index is 1310. The average Bonchev–Trinajstić information content (AvgIpc) is 3.10. The molecule has 2 heterocycles. The number of nitrogens with two attached hydrogens (primary N) is 1. The summed E-state index contributed by atoms with van der Waals surface area (Å²) < 4.78 is 12.6. The molecule has 0 bridgehead atoms. The number of nitrogens with zero attached hydrogens (tertiary/aromatic N) is 1. The van der Waals surface area contributed by atoms with Crippen molar-refractivity contribution in [2.45, 2.75) is 5.92 Å². The van der Waals surface area contributed by atoms with E-state index in [0.29, 0.717) is 5.57 Å². The van der Waals surface area contributed by atoms with Crippen molar-refractivity contribution < 1.29 is 9.47 Å². The van der Waals surface area contributed by atoms with E-state index in [1.807, 2.05) is 48.5 Å². The van der Waals surface area contributed by atoms with Gasteiger partial charge in [-0.2, -0.15) is 5.26 Å². The highest BCUT2D eigenvalue weighted by Gasteiger charge is 2.34. The summed E-state index contributed by atoms with van der Waals surface area (Å²) in [4.78, 5) is 1.00. The van der Waals surface area contributed by atoms with Gasteiger partial charge in [-0.25, -0.2) is 0 Å². The lowest BCUT2D eigenvalue weighted by Gasteiger charge is -2.25. The predicted molar refractivity (Wildman–Crippen MR) is 112 cm³/mol. The minimum atomic E-state index is -0.276. The molecule has 5 rings (SSSR count). The van der Waals surface area contributed by atoms with Gasteiger partial charge in [0, 0.05) is 15.5 Å². The number of hydrogen-bond acceptors (Lipinski definition) is 5. The number of allylic oxidation sites excluding steroid dienone is 1. The molecule has 1 aliphatic rings. The maximum absolute atomic E-state index is 9.88. The van der Waals surface area contributed by atoms with Crippen LogP contribution in [0.1, 0.15) is 16.4 Å². The fourth-order valence-electron chi connectivity index (χ4n) is 3.92. The third kappa shape index (κ3) is 2.29. The van der Waals surface area contributed by atoms with E-state index < -0.39 is 0 Å². The molecule has 1 aromatic heterocycles. The second-order valence-electron chi connectivity index (χ2n) is 6.62. The van der Waals surface area contributed by atoms with Crippen molar-refractivity contribution in [1.82, 2.24) is 0 Å². The van der Waals surface area contributed by atoms with Crippen LogP contribution in [0.4, 0.5) is 0 Å². The SMILES string of the molecule is COc1ccc([C@@H]2C(C#N)=C(N)Oc3c2sc2ccccc32)c2ccccc12. The van der Waals surface area contributed by atoms with Crippen LogP contribution in [-0.4, -0.2) is 7.11 Å². The van der Waals surface area contributed by atoms with Gasteiger partial charge < -0.3 is 15.2 Å². The lowest BCUT2D eigenvalue weighted by atomic mass is 9.85. The van der Waals surface area contributed by atoms with Crippen molar-refractivity contribution in [3.8, 4) is 17.6 Å². The van der Waals surface area contributed by atoms with Crippen LogP contribution in [0.25, 0.3) is 20.9 Å². The molecule has 0 saturated heterocycles. The molecule has 2 N–H and O–H groups in total. The molecule has 28 heavy (non-hydrogen) atoms. The summed E-state index contributed by atoms with van der Waals surface area (Å²) >= 11 is 1.65. The summed E-state index contributed by atoms with van der Waals surface area (Å²) in [5.74, 6) is 1.45. The van der Waals surface area contributed by atoms with Gasteiger partial charge in [-0.15, -0.1) is 11.3 Å². The van der Waals surface area contributed by atoms with E-state index in [-0.39, 0.29) is 11.8 Å². The van der Waals surface area contributed by atoms with Crippen molar-refractivity contribution in [2.24, 2.45) is 5.73 Å². The molecule has 1 atom stereocenters. The highest BCUT2D eigenvalue weighted by atomic mass is 32.1. The van der Waals surface area contributed by atoms with Crippen molar-refractivity contribution in [3.63, 3.8) is 0 Å². The van der Waals surface area contributed by atoms with Crippen LogP contribution < -0.4 is 15.2 Å². The Morgan fingerprint density at radius 2 is 1.71 bits per heavy atom. The first kappa shape index (κ1) is 16.7. The molecule has 0 amide bonds. The maximum atomic E-state index is 9.88. The predicted octanol–water partition coefficient (Wildman–Crippen LogP) is 5.28. The van der Waals surface area contributed by atoms with Gasteiger partial charge >= 0.3 is 0 Å². The zero-order valence-electron chi connectivity index (χ0n) is 15.1. The van der Waals surface area contributed by atoms with Gasteiger partial charge in [0.05, 0.1) is 17.9 Å². The first-order chi connectivity index (χ1) is 13.7. The standard InChI is InChI=1S/C23H16N2O2S/c1-26-18-11-10-15(13-6-2-3-7-14(13)18)20-17(12-24)23(25)27-21-16-8-4-5-9-19(16)28-22(20)21/h2-11,20H,25H2,1H3/t20-/m1/s1. The van der Waals surface area contributed by atoms with Gasteiger partial charge in [-0.1, -0.05) is 42.5 Å². The van der Waals surface area contributed by atoms with Crippen LogP contribution in [0.2, 0.25) is 0 Å². The summed E-state index contributed by atoms with van der Waals surface area (Å²) in [6, 6.07) is 22.4. The average molecular weight is 384 g/mol. The quantitative estimate of drug-likeness (QED) is 0.510. The molecule has 1 aliphatic heterocycles. The number of nitriles is 1. The lowest BCUT2D eigenvalue weighted by Crippen LogP contribution is -2.20. The largest absolute Gasteiger partial charge is 0.496 e. The highest BCUT2D eigenvalue weighted by molar-refractivity contribution is 7.19. The molecule has 0 radical (unpaired) electrons. The molecule has 4 aromatic rings. The highest BCUT2D eigenvalue weighted by Crippen LogP contribution is 2.51. The van der Waals surface area contributed by atoms with E-state index in [1.165, 1.54) is 0 Å². The molecular weight excluding hydrogens is 368 g/mol. The Hall–Kier alpha value is -3.49. The number of ether oxygens (including phenoxy) is 2. The molecule has 0 fully saturated rings. The van der Waals surface area contributed by atoms with Gasteiger partial charge in [0.1, 0.15) is 17.4 Å². The monoisotopic (exact) mass is 384 g/mol. The Morgan fingerprint density at radius 3 is 2.46 bits per heavy atom. The van der Waals surface area contributed by atoms with Crippen molar-refractivity contribution >= 4 is 32.2 Å². The fraction of sp³-hybridized carbons (Fsp3) is 0.0870. The van der Waals surface area contributed by atoms with Gasteiger partial charge in [0.15, 0.2) is 5.75 Å². The molecule has 0 saturated carbocycles. The molecule has 0 aliphatic carbocycles. The van der Waals surface area contributed by atoms with E-state index in [9.17, 15) is 5.26 Å². The first-order valence-corrected chi connectivity index (χ1v) is 9.69. The summed E-state index contributed by atoms with van der Waals surface area (Å²) in [5, 5.41) is 12.9. The Labute approximate surface area is 166 Å². The minimum Gasteiger partial charge on any atom is -0.496 e. The van der Waals surface area contributed by atoms with Crippen LogP contribution in [0, 0.1) is 11.3 Å². The zero-order valence-corrected chi connectivity index (χ0v) is 15.9. The van der Waals surface area contributed by atoms with E-state index >= 15 is 0 Å². The van der Waals surface area contributed by atoms with E-state index in [4.69, 9.17) is 15.2 Å². The van der Waals surface area contributed by atoms with Crippen molar-refractivity contribution in [1.29, 1.82) is 5.26 Å². The van der Waals surface area contributed by atoms with Gasteiger partial charge in [0.2, 0.25) is 5.88 Å². The van der Waals surface area contributed by atoms with Crippen molar-refractivity contribution in [3.05, 3.63) is 82.6 Å². The Kier molecular flexibility index (Phi) is 3.75. The van der Waals surface area contributed by atoms with E-state index in [0.717, 1.165) is 42.8 Å². The Morgan fingerprint density at radius 1 is 1.00 bits per heavy atom. The molecule has 0 unspecified atom stereocenters. The number of thiophene rings is 1. The second kappa shape index (κ2) is 6.29. The van der Waals surface area contributed by atoms with Crippen LogP contribution >= 0.6 is 11.3 Å². The summed E-state index contributed by atoms with van der Waals surface area (Å²) in [6.07, 6.45) is 0. The molecule has 136 valence electrons. The molecular formula is C23H16N2O2S. The van der Waals surface area contributed by atoms with Crippen LogP contribution in [0.15, 0.2) is 72.1 Å². The third-order valence-electron chi connectivity index (χ3n) is 5.17. The van der Waals surface area contributed by atoms with Crippen LogP contribution in [-0.2, 0) is 0 Å². The van der Waals surface area contributed by atoms with E-state index in [1.54, 1.807) is 18.4 Å². The van der Waals surface area contributed by atoms with Crippen LogP contribution in [0.5, 0.6) is 11.5 Å². The zero-order chi connectivity index (χ0) is 19.3. The number of benzene rings is 3. The Balaban J connectivity index is 1.85. The third-order valence-corrected chi connectivity index (χ3v) is 6.39. The summed E-state index contributed by atoms with van der Waals surface area (Å²) in [6.45, 7) is 0. The molecule has 4 nitrogen and oxygen atoms in total. The van der Waals surface area contributed by atoms with Gasteiger partial charge in [-0.3, -0.25) is 0 Å². The van der Waals surface area contributed by atoms with Crippen LogP contribution in [0.3, 0.4) is 0 Å². The lowest BCUT2D eigenvalue weighted by molar-refractivity contribution is 0.401. The normalized spacial score (nSPS) is 15.9. The number of hydrogen-bond donors (Lipinski definition) is 1.